The molecule has 2 heterocycles. The summed E-state index contributed by atoms with van der Waals surface area (Å²) in [6, 6.07) is 15.3. The molecule has 4 atom stereocenters. The third kappa shape index (κ3) is 8.87. The van der Waals surface area contributed by atoms with E-state index in [4.69, 9.17) is 9.47 Å². The number of benzene rings is 2. The summed E-state index contributed by atoms with van der Waals surface area (Å²) in [7, 11) is -6.16. The van der Waals surface area contributed by atoms with Crippen molar-refractivity contribution in [1.82, 2.24) is 9.21 Å². The number of sulfonamides is 2. The van der Waals surface area contributed by atoms with Crippen molar-refractivity contribution in [3.8, 4) is 5.75 Å². The molecule has 3 aromatic rings. The largest absolute Gasteiger partial charge is 0.490 e. The molecule has 1 amide bonds. The monoisotopic (exact) mass is 693 g/mol. The van der Waals surface area contributed by atoms with E-state index in [2.05, 4.69) is 4.72 Å². The molecule has 11 nitrogen and oxygen atoms in total. The number of aliphatic hydroxyl groups is 1. The summed E-state index contributed by atoms with van der Waals surface area (Å²) in [6.07, 6.45) is 1.34. The molecule has 4 rings (SSSR count). The van der Waals surface area contributed by atoms with Crippen molar-refractivity contribution in [3.63, 3.8) is 0 Å². The van der Waals surface area contributed by atoms with E-state index >= 15 is 0 Å². The van der Waals surface area contributed by atoms with Crippen LogP contribution in [0.4, 0.5) is 5.69 Å². The minimum Gasteiger partial charge on any atom is -0.490 e. The maximum Gasteiger partial charge on any atom is 0.271 e. The van der Waals surface area contributed by atoms with Gasteiger partial charge in [0.25, 0.3) is 15.9 Å². The number of rotatable bonds is 9. The molecule has 0 unspecified atom stereocenters. The molecule has 1 aliphatic rings. The van der Waals surface area contributed by atoms with E-state index in [1.54, 1.807) is 60.8 Å². The number of ether oxygens (including phenoxy) is 2. The van der Waals surface area contributed by atoms with Crippen LogP contribution in [0.1, 0.15) is 50.4 Å². The SMILES string of the molecule is C[C@@H]1CN([C@@H](C)CO)C(=O)c2cc(NS(=O)(=O)c3cccs3)ccc2O[C@@H](C)CCCCO[C@@H]1CN(C)S(=O)(=O)c1ccccc1. The normalized spacial score (nSPS) is 21.2. The predicted molar refractivity (Wildman–Crippen MR) is 178 cm³/mol. The molecule has 1 aliphatic heterocycles. The van der Waals surface area contributed by atoms with Crippen molar-refractivity contribution in [2.24, 2.45) is 5.92 Å². The number of nitrogens with one attached hydrogen (secondary N) is 1. The van der Waals surface area contributed by atoms with E-state index in [0.29, 0.717) is 18.8 Å². The van der Waals surface area contributed by atoms with E-state index in [0.717, 1.165) is 24.2 Å². The Hall–Kier alpha value is -3.01. The average Bonchev–Trinajstić information content (AvgIpc) is 3.59. The number of hydrogen-bond acceptors (Lipinski definition) is 9. The Morgan fingerprint density at radius 3 is 2.48 bits per heavy atom. The highest BCUT2D eigenvalue weighted by atomic mass is 32.2. The zero-order chi connectivity index (χ0) is 33.5. The summed E-state index contributed by atoms with van der Waals surface area (Å²) >= 11 is 1.08. The Morgan fingerprint density at radius 2 is 1.80 bits per heavy atom. The third-order valence-corrected chi connectivity index (χ3v) is 12.6. The van der Waals surface area contributed by atoms with E-state index < -0.39 is 38.1 Å². The highest BCUT2D eigenvalue weighted by molar-refractivity contribution is 7.94. The number of amides is 1. The number of carbonyl (C=O) groups excluding carboxylic acids is 1. The first-order valence-corrected chi connectivity index (χ1v) is 19.1. The van der Waals surface area contributed by atoms with Crippen LogP contribution >= 0.6 is 11.3 Å². The van der Waals surface area contributed by atoms with Crippen LogP contribution in [0.2, 0.25) is 0 Å². The summed E-state index contributed by atoms with van der Waals surface area (Å²) in [5.41, 5.74) is 0.334. The molecule has 0 bridgehead atoms. The molecular formula is C32H43N3O8S3. The van der Waals surface area contributed by atoms with Crippen molar-refractivity contribution in [1.29, 1.82) is 0 Å². The second-order valence-electron chi connectivity index (χ2n) is 11.6. The van der Waals surface area contributed by atoms with Gasteiger partial charge in [0.2, 0.25) is 10.0 Å². The Kier molecular flexibility index (Phi) is 12.2. The predicted octanol–water partition coefficient (Wildman–Crippen LogP) is 4.67. The molecule has 0 saturated carbocycles. The van der Waals surface area contributed by atoms with Gasteiger partial charge in [-0.05, 0) is 74.9 Å². The molecule has 2 aromatic carbocycles. The average molecular weight is 694 g/mol. The van der Waals surface area contributed by atoms with Crippen LogP contribution in [0.25, 0.3) is 0 Å². The number of carbonyl (C=O) groups is 1. The molecule has 14 heteroatoms. The Bertz CT molecular complexity index is 1650. The van der Waals surface area contributed by atoms with Gasteiger partial charge in [0.05, 0.1) is 35.3 Å². The van der Waals surface area contributed by atoms with Crippen molar-refractivity contribution >= 4 is 43.0 Å². The second kappa shape index (κ2) is 15.7. The molecule has 252 valence electrons. The van der Waals surface area contributed by atoms with Gasteiger partial charge < -0.3 is 19.5 Å². The zero-order valence-corrected chi connectivity index (χ0v) is 29.0. The first kappa shape index (κ1) is 35.8. The van der Waals surface area contributed by atoms with E-state index in [1.165, 1.54) is 28.4 Å². The minimum atomic E-state index is -3.88. The number of likely N-dealkylation sites (N-methyl/N-ethyl adjacent to an activating group) is 1. The van der Waals surface area contributed by atoms with Crippen LogP contribution in [-0.2, 0) is 24.8 Å². The summed E-state index contributed by atoms with van der Waals surface area (Å²) < 4.78 is 69.1. The first-order chi connectivity index (χ1) is 21.8. The highest BCUT2D eigenvalue weighted by Gasteiger charge is 2.32. The lowest BCUT2D eigenvalue weighted by atomic mass is 10.0. The maximum absolute atomic E-state index is 14.3. The van der Waals surface area contributed by atoms with Crippen molar-refractivity contribution < 1.29 is 36.2 Å². The quantitative estimate of drug-likeness (QED) is 0.330. The molecule has 0 aliphatic carbocycles. The Balaban J connectivity index is 1.67. The Morgan fingerprint density at radius 1 is 1.07 bits per heavy atom. The van der Waals surface area contributed by atoms with Crippen molar-refractivity contribution in [2.45, 2.75) is 67.4 Å². The summed E-state index contributed by atoms with van der Waals surface area (Å²) in [4.78, 5) is 16.0. The molecule has 0 radical (unpaired) electrons. The number of thiophene rings is 1. The second-order valence-corrected chi connectivity index (χ2v) is 16.5. The number of nitrogens with zero attached hydrogens (tertiary/aromatic N) is 2. The van der Waals surface area contributed by atoms with E-state index in [1.807, 2.05) is 13.8 Å². The molecular weight excluding hydrogens is 651 g/mol. The van der Waals surface area contributed by atoms with Crippen LogP contribution < -0.4 is 9.46 Å². The van der Waals surface area contributed by atoms with Gasteiger partial charge in [-0.2, -0.15) is 4.31 Å². The van der Waals surface area contributed by atoms with Gasteiger partial charge in [-0.1, -0.05) is 31.2 Å². The third-order valence-electron chi connectivity index (χ3n) is 7.95. The lowest BCUT2D eigenvalue weighted by Crippen LogP contribution is -2.48. The van der Waals surface area contributed by atoms with Gasteiger partial charge >= 0.3 is 0 Å². The van der Waals surface area contributed by atoms with Gasteiger partial charge in [-0.3, -0.25) is 9.52 Å². The van der Waals surface area contributed by atoms with Crippen LogP contribution in [-0.4, -0.2) is 88.7 Å². The van der Waals surface area contributed by atoms with Crippen LogP contribution in [0.3, 0.4) is 0 Å². The molecule has 46 heavy (non-hydrogen) atoms. The maximum atomic E-state index is 14.3. The fourth-order valence-corrected chi connectivity index (χ4v) is 8.44. The number of aliphatic hydroxyl groups excluding tert-OH is 1. The molecule has 2 N–H and O–H groups in total. The lowest BCUT2D eigenvalue weighted by Gasteiger charge is -2.35. The number of anilines is 1. The van der Waals surface area contributed by atoms with Gasteiger partial charge in [-0.15, -0.1) is 11.3 Å². The highest BCUT2D eigenvalue weighted by Crippen LogP contribution is 2.30. The lowest BCUT2D eigenvalue weighted by molar-refractivity contribution is -0.00833. The zero-order valence-electron chi connectivity index (χ0n) is 26.5. The van der Waals surface area contributed by atoms with Gasteiger partial charge in [0, 0.05) is 38.3 Å². The summed E-state index contributed by atoms with van der Waals surface area (Å²) in [5.74, 6) is -0.509. The minimum absolute atomic E-state index is 0.0542. The molecule has 0 saturated heterocycles. The fourth-order valence-electron chi connectivity index (χ4n) is 5.19. The van der Waals surface area contributed by atoms with Gasteiger partial charge in [0.15, 0.2) is 0 Å². The van der Waals surface area contributed by atoms with Crippen LogP contribution in [0, 0.1) is 5.92 Å². The van der Waals surface area contributed by atoms with Gasteiger partial charge in [0.1, 0.15) is 9.96 Å². The van der Waals surface area contributed by atoms with Gasteiger partial charge in [-0.25, -0.2) is 16.8 Å². The van der Waals surface area contributed by atoms with Crippen molar-refractivity contribution in [2.75, 3.05) is 38.1 Å². The standard InChI is InChI=1S/C32H43N3O8S3/c1-23-20-35(24(2)22-36)32(37)28-19-26(33-45(38,39)31-14-10-18-44-31)15-16-29(28)43-25(3)11-8-9-17-42-30(23)21-34(4)46(40,41)27-12-6-5-7-13-27/h5-7,10,12-16,18-19,23-25,30,33,36H,8-9,11,17,20-22H2,1-4H3/t23-,24+,25+,30-/m1/s1. The van der Waals surface area contributed by atoms with Crippen LogP contribution in [0.5, 0.6) is 5.75 Å². The molecule has 0 spiro atoms. The van der Waals surface area contributed by atoms with Crippen molar-refractivity contribution in [3.05, 3.63) is 71.6 Å². The Labute approximate surface area is 276 Å². The molecule has 1 aromatic heterocycles. The molecule has 0 fully saturated rings. The topological polar surface area (TPSA) is 143 Å². The fraction of sp³-hybridized carbons (Fsp3) is 0.469. The number of fused-ring (bicyclic) bond motifs is 1. The summed E-state index contributed by atoms with van der Waals surface area (Å²) in [5, 5.41) is 11.8. The van der Waals surface area contributed by atoms with E-state index in [9.17, 15) is 26.7 Å². The van der Waals surface area contributed by atoms with E-state index in [-0.39, 0.29) is 52.1 Å². The summed E-state index contributed by atoms with van der Waals surface area (Å²) in [6.45, 7) is 5.75. The smallest absolute Gasteiger partial charge is 0.271 e. The first-order valence-electron chi connectivity index (χ1n) is 15.2. The van der Waals surface area contributed by atoms with Crippen LogP contribution in [0.15, 0.2) is 75.1 Å². The number of hydrogen-bond donors (Lipinski definition) is 2.